The van der Waals surface area contributed by atoms with Gasteiger partial charge in [-0.25, -0.2) is 0 Å². The summed E-state index contributed by atoms with van der Waals surface area (Å²) in [6.07, 6.45) is 7.22. The maximum Gasteiger partial charge on any atom is 0.188 e. The Balaban J connectivity index is 0. The lowest BCUT2D eigenvalue weighted by molar-refractivity contribution is 0.384. The van der Waals surface area contributed by atoms with Crippen LogP contribution in [-0.4, -0.2) is 23.9 Å². The number of nitrogens with zero attached hydrogens (tertiary/aromatic N) is 1. The molecule has 0 spiro atoms. The van der Waals surface area contributed by atoms with Crippen molar-refractivity contribution in [3.8, 4) is 0 Å². The number of rotatable bonds is 8. The fourth-order valence-corrected chi connectivity index (χ4v) is 1.46. The van der Waals surface area contributed by atoms with E-state index in [4.69, 9.17) is 11.1 Å². The summed E-state index contributed by atoms with van der Waals surface area (Å²) in [5.74, 6) is 0.234. The summed E-state index contributed by atoms with van der Waals surface area (Å²) in [4.78, 5) is 1.99. The molecular weight excluding hydrogens is 210 g/mol. The van der Waals surface area contributed by atoms with Crippen LogP contribution in [-0.2, 0) is 0 Å². The third-order valence-electron chi connectivity index (χ3n) is 2.40. The molecule has 0 atom stereocenters. The van der Waals surface area contributed by atoms with Gasteiger partial charge < -0.3 is 10.6 Å². The van der Waals surface area contributed by atoms with Crippen molar-refractivity contribution in [1.82, 2.24) is 4.90 Å². The second kappa shape index (κ2) is 11.6. The fourth-order valence-electron chi connectivity index (χ4n) is 1.46. The number of unbranched alkanes of at least 4 members (excludes halogenated alkanes) is 4. The molecule has 0 aliphatic carbocycles. The lowest BCUT2D eigenvalue weighted by Gasteiger charge is -2.22. The number of hydrogen-bond acceptors (Lipinski definition) is 1. The molecule has 92 valence electrons. The summed E-state index contributed by atoms with van der Waals surface area (Å²) in [5.41, 5.74) is 5.51. The molecule has 4 heteroatoms. The zero-order valence-electron chi connectivity index (χ0n) is 10.1. The van der Waals surface area contributed by atoms with Gasteiger partial charge in [0.25, 0.3) is 0 Å². The number of guanidine groups is 1. The molecule has 0 fully saturated rings. The molecule has 0 aromatic carbocycles. The highest BCUT2D eigenvalue weighted by atomic mass is 35.5. The summed E-state index contributed by atoms with van der Waals surface area (Å²) < 4.78 is 0. The lowest BCUT2D eigenvalue weighted by atomic mass is 10.2. The van der Waals surface area contributed by atoms with Gasteiger partial charge in [0.2, 0.25) is 0 Å². The molecule has 0 bridgehead atoms. The first-order valence-corrected chi connectivity index (χ1v) is 5.81. The maximum absolute atomic E-state index is 7.43. The van der Waals surface area contributed by atoms with Crippen molar-refractivity contribution in [1.29, 1.82) is 5.41 Å². The van der Waals surface area contributed by atoms with Crippen molar-refractivity contribution in [2.24, 2.45) is 5.73 Å². The SMILES string of the molecule is CCCCCN(CCCCC)C(=N)N.Cl. The number of nitrogens with one attached hydrogen (secondary N) is 1. The molecule has 3 N–H and O–H groups in total. The zero-order valence-corrected chi connectivity index (χ0v) is 10.9. The molecule has 15 heavy (non-hydrogen) atoms. The number of halogens is 1. The van der Waals surface area contributed by atoms with Crippen molar-refractivity contribution < 1.29 is 0 Å². The predicted octanol–water partition coefficient (Wildman–Crippen LogP) is 2.98. The Morgan fingerprint density at radius 2 is 1.40 bits per heavy atom. The van der Waals surface area contributed by atoms with Gasteiger partial charge in [0.15, 0.2) is 5.96 Å². The largest absolute Gasteiger partial charge is 0.370 e. The fraction of sp³-hybridized carbons (Fsp3) is 0.909. The van der Waals surface area contributed by atoms with Crippen LogP contribution in [0.15, 0.2) is 0 Å². The van der Waals surface area contributed by atoms with Crippen LogP contribution >= 0.6 is 12.4 Å². The highest BCUT2D eigenvalue weighted by molar-refractivity contribution is 5.85. The van der Waals surface area contributed by atoms with Crippen LogP contribution in [0.3, 0.4) is 0 Å². The van der Waals surface area contributed by atoms with Crippen LogP contribution in [0, 0.1) is 5.41 Å². The van der Waals surface area contributed by atoms with E-state index in [1.165, 1.54) is 25.7 Å². The van der Waals surface area contributed by atoms with Crippen molar-refractivity contribution in [3.63, 3.8) is 0 Å². The van der Waals surface area contributed by atoms with Crippen LogP contribution in [0.2, 0.25) is 0 Å². The van der Waals surface area contributed by atoms with Gasteiger partial charge in [0.05, 0.1) is 0 Å². The summed E-state index contributed by atoms with van der Waals surface area (Å²) in [7, 11) is 0. The highest BCUT2D eigenvalue weighted by Crippen LogP contribution is 2.01. The first kappa shape index (κ1) is 17.0. The van der Waals surface area contributed by atoms with E-state index in [0.717, 1.165) is 25.9 Å². The van der Waals surface area contributed by atoms with E-state index in [1.807, 2.05) is 4.90 Å². The molecule has 0 rings (SSSR count). The van der Waals surface area contributed by atoms with Crippen LogP contribution in [0.25, 0.3) is 0 Å². The van der Waals surface area contributed by atoms with Crippen molar-refractivity contribution in [2.45, 2.75) is 52.4 Å². The van der Waals surface area contributed by atoms with Gasteiger partial charge in [-0.1, -0.05) is 39.5 Å². The van der Waals surface area contributed by atoms with Crippen LogP contribution < -0.4 is 5.73 Å². The molecular formula is C11H26ClN3. The second-order valence-corrected chi connectivity index (χ2v) is 3.79. The van der Waals surface area contributed by atoms with Crippen LogP contribution in [0.4, 0.5) is 0 Å². The van der Waals surface area contributed by atoms with Gasteiger partial charge in [0.1, 0.15) is 0 Å². The molecule has 0 radical (unpaired) electrons. The minimum atomic E-state index is 0. The van der Waals surface area contributed by atoms with E-state index in [1.54, 1.807) is 0 Å². The normalized spacial score (nSPS) is 9.47. The molecule has 0 aliphatic heterocycles. The van der Waals surface area contributed by atoms with E-state index < -0.39 is 0 Å². The smallest absolute Gasteiger partial charge is 0.188 e. The number of nitrogens with two attached hydrogens (primary N) is 1. The summed E-state index contributed by atoms with van der Waals surface area (Å²) in [6.45, 7) is 6.28. The monoisotopic (exact) mass is 235 g/mol. The van der Waals surface area contributed by atoms with E-state index >= 15 is 0 Å². The molecule has 0 unspecified atom stereocenters. The average Bonchev–Trinajstić information content (AvgIpc) is 2.15. The van der Waals surface area contributed by atoms with Crippen LogP contribution in [0.1, 0.15) is 52.4 Å². The molecule has 0 amide bonds. The molecule has 3 nitrogen and oxygen atoms in total. The van der Waals surface area contributed by atoms with Gasteiger partial charge in [-0.05, 0) is 12.8 Å². The maximum atomic E-state index is 7.43. The minimum Gasteiger partial charge on any atom is -0.370 e. The Hall–Kier alpha value is -0.440. The first-order valence-electron chi connectivity index (χ1n) is 5.81. The molecule has 0 aliphatic rings. The van der Waals surface area contributed by atoms with E-state index in [0.29, 0.717) is 0 Å². The minimum absolute atomic E-state index is 0. The number of hydrogen-bond donors (Lipinski definition) is 2. The van der Waals surface area contributed by atoms with Crippen molar-refractivity contribution in [3.05, 3.63) is 0 Å². The molecule has 0 aromatic rings. The van der Waals surface area contributed by atoms with E-state index in [2.05, 4.69) is 13.8 Å². The topological polar surface area (TPSA) is 53.1 Å². The molecule has 0 heterocycles. The molecule has 0 aromatic heterocycles. The van der Waals surface area contributed by atoms with Crippen molar-refractivity contribution >= 4 is 18.4 Å². The second-order valence-electron chi connectivity index (χ2n) is 3.79. The van der Waals surface area contributed by atoms with Crippen LogP contribution in [0.5, 0.6) is 0 Å². The summed E-state index contributed by atoms with van der Waals surface area (Å²) >= 11 is 0. The Kier molecular flexibility index (Phi) is 13.2. The molecule has 0 saturated heterocycles. The third kappa shape index (κ3) is 9.85. The Morgan fingerprint density at radius 1 is 1.00 bits per heavy atom. The standard InChI is InChI=1S/C11H25N3.ClH/c1-3-5-7-9-14(11(12)13)10-8-6-4-2;/h3-10H2,1-2H3,(H3,12,13);1H. The average molecular weight is 236 g/mol. The lowest BCUT2D eigenvalue weighted by Crippen LogP contribution is -2.37. The first-order chi connectivity index (χ1) is 6.72. The van der Waals surface area contributed by atoms with Gasteiger partial charge in [-0.3, -0.25) is 5.41 Å². The van der Waals surface area contributed by atoms with Gasteiger partial charge in [0, 0.05) is 13.1 Å². The Bertz CT molecular complexity index is 141. The van der Waals surface area contributed by atoms with Gasteiger partial charge in [-0.15, -0.1) is 12.4 Å². The molecule has 0 saturated carbocycles. The van der Waals surface area contributed by atoms with Gasteiger partial charge >= 0.3 is 0 Å². The third-order valence-corrected chi connectivity index (χ3v) is 2.40. The Labute approximate surface area is 100 Å². The quantitative estimate of drug-likeness (QED) is 0.386. The predicted molar refractivity (Wildman–Crippen MR) is 69.8 cm³/mol. The van der Waals surface area contributed by atoms with Crippen molar-refractivity contribution in [2.75, 3.05) is 13.1 Å². The van der Waals surface area contributed by atoms with E-state index in [-0.39, 0.29) is 18.4 Å². The summed E-state index contributed by atoms with van der Waals surface area (Å²) in [5, 5.41) is 7.43. The van der Waals surface area contributed by atoms with E-state index in [9.17, 15) is 0 Å². The summed E-state index contributed by atoms with van der Waals surface area (Å²) in [6, 6.07) is 0. The highest BCUT2D eigenvalue weighted by Gasteiger charge is 2.04. The van der Waals surface area contributed by atoms with Gasteiger partial charge in [-0.2, -0.15) is 0 Å². The Morgan fingerprint density at radius 3 is 1.67 bits per heavy atom. The zero-order chi connectivity index (χ0) is 10.8.